The molecule has 1 amide bonds. The second-order valence-corrected chi connectivity index (χ2v) is 7.30. The fraction of sp³-hybridized carbons (Fsp3) is 0.375. The third kappa shape index (κ3) is 4.45. The Labute approximate surface area is 139 Å². The van der Waals surface area contributed by atoms with E-state index < -0.39 is 0 Å². The Balaban J connectivity index is 1.90. The molecule has 2 rings (SSSR count). The van der Waals surface area contributed by atoms with E-state index in [1.165, 1.54) is 11.3 Å². The molecule has 0 saturated carbocycles. The highest BCUT2D eigenvalue weighted by Gasteiger charge is 2.18. The van der Waals surface area contributed by atoms with E-state index in [4.69, 9.17) is 16.3 Å². The van der Waals surface area contributed by atoms with Gasteiger partial charge < -0.3 is 4.74 Å². The zero-order valence-corrected chi connectivity index (χ0v) is 14.6. The average molecular weight is 339 g/mol. The summed E-state index contributed by atoms with van der Waals surface area (Å²) < 4.78 is 5.46. The Bertz CT molecular complexity index is 677. The maximum atomic E-state index is 11.9. The van der Waals surface area contributed by atoms with Crippen molar-refractivity contribution >= 4 is 34.0 Å². The summed E-state index contributed by atoms with van der Waals surface area (Å²) in [7, 11) is 0. The van der Waals surface area contributed by atoms with Gasteiger partial charge in [0.25, 0.3) is 5.91 Å². The monoisotopic (exact) mass is 338 g/mol. The lowest BCUT2D eigenvalue weighted by molar-refractivity contribution is -0.118. The molecule has 0 spiro atoms. The largest absolute Gasteiger partial charge is 0.484 e. The summed E-state index contributed by atoms with van der Waals surface area (Å²) in [5, 5.41) is 5.97. The number of ether oxygens (including phenoxy) is 1. The van der Waals surface area contributed by atoms with E-state index in [2.05, 4.69) is 31.1 Å². The maximum absolute atomic E-state index is 11.9. The first-order chi connectivity index (χ1) is 10.3. The number of nitrogens with one attached hydrogen (secondary N) is 1. The van der Waals surface area contributed by atoms with Gasteiger partial charge in [-0.2, -0.15) is 0 Å². The Kier molecular flexibility index (Phi) is 5.08. The number of aromatic nitrogens is 1. The number of rotatable bonds is 4. The lowest BCUT2D eigenvalue weighted by Crippen LogP contribution is -2.20. The van der Waals surface area contributed by atoms with Crippen LogP contribution in [0.25, 0.3) is 0 Å². The van der Waals surface area contributed by atoms with Gasteiger partial charge in [-0.3, -0.25) is 10.1 Å². The van der Waals surface area contributed by atoms with Crippen molar-refractivity contribution in [3.8, 4) is 5.75 Å². The number of carbonyl (C=O) groups is 1. The summed E-state index contributed by atoms with van der Waals surface area (Å²) in [5.74, 6) is 0.383. The molecule has 0 fully saturated rings. The fourth-order valence-electron chi connectivity index (χ4n) is 1.69. The molecule has 1 heterocycles. The summed E-state index contributed by atoms with van der Waals surface area (Å²) in [6.45, 7) is 8.07. The quantitative estimate of drug-likeness (QED) is 0.897. The number of thiazole rings is 1. The smallest absolute Gasteiger partial charge is 0.264 e. The van der Waals surface area contributed by atoms with Gasteiger partial charge in [-0.1, -0.05) is 32.4 Å². The standard InChI is InChI=1S/C16H19ClN2O2S/c1-10-7-11(5-6-12(10)17)21-8-14(20)19-15-18-13(9-22-15)16(2,3)4/h5-7,9H,8H2,1-4H3,(H,18,19,20). The minimum absolute atomic E-state index is 0.0309. The van der Waals surface area contributed by atoms with Gasteiger partial charge in [0.15, 0.2) is 11.7 Å². The van der Waals surface area contributed by atoms with Gasteiger partial charge in [-0.05, 0) is 30.7 Å². The summed E-state index contributed by atoms with van der Waals surface area (Å²) >= 11 is 7.36. The number of halogens is 1. The summed E-state index contributed by atoms with van der Waals surface area (Å²) in [6.07, 6.45) is 0. The molecular weight excluding hydrogens is 320 g/mol. The first-order valence-corrected chi connectivity index (χ1v) is 8.16. The van der Waals surface area contributed by atoms with Crippen LogP contribution in [0.2, 0.25) is 5.02 Å². The average Bonchev–Trinajstić information content (AvgIpc) is 2.88. The van der Waals surface area contributed by atoms with Crippen LogP contribution in [0.1, 0.15) is 32.0 Å². The lowest BCUT2D eigenvalue weighted by Gasteiger charge is -2.14. The molecule has 0 atom stereocenters. The van der Waals surface area contributed by atoms with Crippen LogP contribution in [0.3, 0.4) is 0 Å². The number of amides is 1. The van der Waals surface area contributed by atoms with E-state index >= 15 is 0 Å². The molecule has 118 valence electrons. The maximum Gasteiger partial charge on any atom is 0.264 e. The predicted octanol–water partition coefficient (Wildman–Crippen LogP) is 4.42. The molecule has 1 aromatic carbocycles. The Morgan fingerprint density at radius 2 is 2.14 bits per heavy atom. The molecule has 1 N–H and O–H groups in total. The van der Waals surface area contributed by atoms with Gasteiger partial charge in [0.1, 0.15) is 5.75 Å². The normalized spacial score (nSPS) is 11.3. The van der Waals surface area contributed by atoms with Gasteiger partial charge in [-0.25, -0.2) is 4.98 Å². The number of carbonyl (C=O) groups excluding carboxylic acids is 1. The van der Waals surface area contributed by atoms with Crippen molar-refractivity contribution in [1.29, 1.82) is 0 Å². The molecule has 0 saturated heterocycles. The summed E-state index contributed by atoms with van der Waals surface area (Å²) in [4.78, 5) is 16.3. The highest BCUT2D eigenvalue weighted by atomic mass is 35.5. The predicted molar refractivity (Wildman–Crippen MR) is 91.1 cm³/mol. The van der Waals surface area contributed by atoms with Crippen LogP contribution in [0, 0.1) is 6.92 Å². The summed E-state index contributed by atoms with van der Waals surface area (Å²) in [5.41, 5.74) is 1.84. The van der Waals surface area contributed by atoms with Crippen molar-refractivity contribution in [3.05, 3.63) is 39.9 Å². The lowest BCUT2D eigenvalue weighted by atomic mass is 9.93. The molecule has 1 aromatic heterocycles. The molecular formula is C16H19ClN2O2S. The minimum atomic E-state index is -0.234. The van der Waals surface area contributed by atoms with Crippen LogP contribution in [0.4, 0.5) is 5.13 Å². The van der Waals surface area contributed by atoms with Gasteiger partial charge >= 0.3 is 0 Å². The van der Waals surface area contributed by atoms with Crippen molar-refractivity contribution in [1.82, 2.24) is 4.98 Å². The Morgan fingerprint density at radius 3 is 2.73 bits per heavy atom. The summed E-state index contributed by atoms with van der Waals surface area (Å²) in [6, 6.07) is 5.29. The molecule has 2 aromatic rings. The second-order valence-electron chi connectivity index (χ2n) is 6.04. The van der Waals surface area contributed by atoms with Gasteiger partial charge in [0.05, 0.1) is 5.69 Å². The van der Waals surface area contributed by atoms with Crippen LogP contribution in [-0.2, 0) is 10.2 Å². The molecule has 0 unspecified atom stereocenters. The zero-order valence-electron chi connectivity index (χ0n) is 13.1. The third-order valence-corrected chi connectivity index (χ3v) is 4.20. The minimum Gasteiger partial charge on any atom is -0.484 e. The third-order valence-electron chi connectivity index (χ3n) is 3.02. The van der Waals surface area contributed by atoms with Crippen LogP contribution >= 0.6 is 22.9 Å². The number of aryl methyl sites for hydroxylation is 1. The second kappa shape index (κ2) is 6.67. The molecule has 0 bridgehead atoms. The van der Waals surface area contributed by atoms with E-state index in [0.717, 1.165) is 11.3 Å². The topological polar surface area (TPSA) is 51.2 Å². The van der Waals surface area contributed by atoms with E-state index in [1.54, 1.807) is 18.2 Å². The Hall–Kier alpha value is -1.59. The van der Waals surface area contributed by atoms with Crippen LogP contribution in [-0.4, -0.2) is 17.5 Å². The van der Waals surface area contributed by atoms with E-state index in [-0.39, 0.29) is 17.9 Å². The van der Waals surface area contributed by atoms with Crippen molar-refractivity contribution < 1.29 is 9.53 Å². The molecule has 0 aliphatic rings. The first kappa shape index (κ1) is 16.8. The molecule has 0 radical (unpaired) electrons. The van der Waals surface area contributed by atoms with Crippen molar-refractivity contribution in [2.24, 2.45) is 0 Å². The molecule has 6 heteroatoms. The SMILES string of the molecule is Cc1cc(OCC(=O)Nc2nc(C(C)(C)C)cs2)ccc1Cl. The fourth-order valence-corrected chi connectivity index (χ4v) is 2.76. The van der Waals surface area contributed by atoms with E-state index in [0.29, 0.717) is 15.9 Å². The Morgan fingerprint density at radius 1 is 1.41 bits per heavy atom. The van der Waals surface area contributed by atoms with Gasteiger partial charge in [-0.15, -0.1) is 11.3 Å². The van der Waals surface area contributed by atoms with Crippen LogP contribution < -0.4 is 10.1 Å². The number of nitrogens with zero attached hydrogens (tertiary/aromatic N) is 1. The van der Waals surface area contributed by atoms with E-state index in [9.17, 15) is 4.79 Å². The molecule has 4 nitrogen and oxygen atoms in total. The first-order valence-electron chi connectivity index (χ1n) is 6.90. The number of hydrogen-bond acceptors (Lipinski definition) is 4. The zero-order chi connectivity index (χ0) is 16.3. The van der Waals surface area contributed by atoms with Crippen molar-refractivity contribution in [2.45, 2.75) is 33.1 Å². The van der Waals surface area contributed by atoms with Crippen LogP contribution in [0.15, 0.2) is 23.6 Å². The number of benzene rings is 1. The molecule has 0 aliphatic carbocycles. The number of anilines is 1. The van der Waals surface area contributed by atoms with E-state index in [1.807, 2.05) is 12.3 Å². The van der Waals surface area contributed by atoms with Gasteiger partial charge in [0.2, 0.25) is 0 Å². The van der Waals surface area contributed by atoms with Gasteiger partial charge in [0, 0.05) is 15.8 Å². The van der Waals surface area contributed by atoms with Crippen molar-refractivity contribution in [2.75, 3.05) is 11.9 Å². The van der Waals surface area contributed by atoms with Crippen molar-refractivity contribution in [3.63, 3.8) is 0 Å². The highest BCUT2D eigenvalue weighted by Crippen LogP contribution is 2.26. The highest BCUT2D eigenvalue weighted by molar-refractivity contribution is 7.13. The molecule has 0 aliphatic heterocycles. The van der Waals surface area contributed by atoms with Crippen LogP contribution in [0.5, 0.6) is 5.75 Å². The molecule has 22 heavy (non-hydrogen) atoms. The number of hydrogen-bond donors (Lipinski definition) is 1.